The van der Waals surface area contributed by atoms with Crippen LogP contribution >= 0.6 is 11.8 Å². The highest BCUT2D eigenvalue weighted by Gasteiger charge is 2.18. The van der Waals surface area contributed by atoms with E-state index in [1.165, 1.54) is 57.8 Å². The van der Waals surface area contributed by atoms with Gasteiger partial charge in [-0.1, -0.05) is 32.1 Å². The summed E-state index contributed by atoms with van der Waals surface area (Å²) in [5, 5.41) is 5.37. The minimum atomic E-state index is 0.334. The smallest absolute Gasteiger partial charge is 0.148 e. The molecule has 21 heavy (non-hydrogen) atoms. The Morgan fingerprint density at radius 2 is 1.86 bits per heavy atom. The average Bonchev–Trinajstić information content (AvgIpc) is 3.17. The molecule has 0 atom stereocenters. The third-order valence-electron chi connectivity index (χ3n) is 4.77. The lowest BCUT2D eigenvalue weighted by molar-refractivity contribution is -0.116. The number of rotatable bonds is 6. The predicted molar refractivity (Wildman–Crippen MR) is 87.8 cm³/mol. The molecule has 0 radical (unpaired) electrons. The average molecular weight is 306 g/mol. The fraction of sp³-hybridized carbons (Fsp3) is 0.765. The second kappa shape index (κ2) is 7.48. The largest absolute Gasteiger partial charge is 0.298 e. The van der Waals surface area contributed by atoms with Crippen molar-refractivity contribution in [3.8, 4) is 0 Å². The van der Waals surface area contributed by atoms with Gasteiger partial charge in [-0.05, 0) is 31.7 Å². The van der Waals surface area contributed by atoms with Gasteiger partial charge >= 0.3 is 0 Å². The Morgan fingerprint density at radius 3 is 2.62 bits per heavy atom. The summed E-state index contributed by atoms with van der Waals surface area (Å²) in [6.07, 6.45) is 14.4. The maximum atomic E-state index is 12.1. The summed E-state index contributed by atoms with van der Waals surface area (Å²) in [5.74, 6) is 1.00. The molecule has 0 aliphatic heterocycles. The van der Waals surface area contributed by atoms with Crippen LogP contribution in [0.1, 0.15) is 69.5 Å². The molecule has 3 nitrogen and oxygen atoms in total. The fourth-order valence-corrected chi connectivity index (χ4v) is 4.73. The van der Waals surface area contributed by atoms with Crippen molar-refractivity contribution in [1.82, 2.24) is 9.78 Å². The Balaban J connectivity index is 1.45. The zero-order valence-corrected chi connectivity index (χ0v) is 13.6. The molecule has 2 fully saturated rings. The van der Waals surface area contributed by atoms with E-state index in [0.29, 0.717) is 24.0 Å². The molecule has 1 aromatic rings. The number of Topliss-reactive ketones (excluding diaryl/α,β-unsaturated/α-hetero) is 1. The SMILES string of the molecule is O=C(CSC1CCCC1)Cc1ccn(C2CCCCC2)n1. The molecule has 1 aromatic heterocycles. The molecule has 0 aromatic carbocycles. The first-order valence-corrected chi connectivity index (χ1v) is 9.53. The van der Waals surface area contributed by atoms with Crippen LogP contribution in [0.3, 0.4) is 0 Å². The van der Waals surface area contributed by atoms with E-state index in [2.05, 4.69) is 16.0 Å². The number of hydrogen-bond acceptors (Lipinski definition) is 3. The van der Waals surface area contributed by atoms with Gasteiger partial charge in [0.2, 0.25) is 0 Å². The summed E-state index contributed by atoms with van der Waals surface area (Å²) in [7, 11) is 0. The van der Waals surface area contributed by atoms with Crippen LogP contribution in [0.25, 0.3) is 0 Å². The number of carbonyl (C=O) groups excluding carboxylic acids is 1. The van der Waals surface area contributed by atoms with Gasteiger partial charge in [0.1, 0.15) is 5.78 Å². The van der Waals surface area contributed by atoms with Gasteiger partial charge in [-0.15, -0.1) is 0 Å². The first-order valence-electron chi connectivity index (χ1n) is 8.48. The van der Waals surface area contributed by atoms with Crippen molar-refractivity contribution >= 4 is 17.5 Å². The van der Waals surface area contributed by atoms with E-state index in [1.807, 2.05) is 17.8 Å². The first kappa shape index (κ1) is 15.1. The van der Waals surface area contributed by atoms with Crippen LogP contribution in [0.5, 0.6) is 0 Å². The third kappa shape index (κ3) is 4.35. The highest BCUT2D eigenvalue weighted by Crippen LogP contribution is 2.30. The van der Waals surface area contributed by atoms with Gasteiger partial charge in [-0.2, -0.15) is 16.9 Å². The highest BCUT2D eigenvalue weighted by molar-refractivity contribution is 8.00. The lowest BCUT2D eigenvalue weighted by atomic mass is 9.96. The van der Waals surface area contributed by atoms with Crippen molar-refractivity contribution in [2.24, 2.45) is 0 Å². The maximum absolute atomic E-state index is 12.1. The Morgan fingerprint density at radius 1 is 1.14 bits per heavy atom. The standard InChI is InChI=1S/C17H26N2OS/c20-16(13-21-17-8-4-5-9-17)12-14-10-11-19(18-14)15-6-2-1-3-7-15/h10-11,15,17H,1-9,12-13H2. The van der Waals surface area contributed by atoms with Crippen LogP contribution in [-0.2, 0) is 11.2 Å². The summed E-state index contributed by atoms with van der Waals surface area (Å²) in [5.41, 5.74) is 0.956. The molecule has 3 rings (SSSR count). The second-order valence-electron chi connectivity index (χ2n) is 6.51. The first-order chi connectivity index (χ1) is 10.3. The van der Waals surface area contributed by atoms with Crippen molar-refractivity contribution < 1.29 is 4.79 Å². The van der Waals surface area contributed by atoms with Gasteiger partial charge in [0.25, 0.3) is 0 Å². The van der Waals surface area contributed by atoms with E-state index >= 15 is 0 Å². The Labute approximate surface area is 131 Å². The second-order valence-corrected chi connectivity index (χ2v) is 7.80. The molecule has 2 aliphatic rings. The summed E-state index contributed by atoms with van der Waals surface area (Å²) in [4.78, 5) is 12.1. The lowest BCUT2D eigenvalue weighted by Gasteiger charge is -2.21. The van der Waals surface area contributed by atoms with E-state index in [0.717, 1.165) is 10.9 Å². The summed E-state index contributed by atoms with van der Waals surface area (Å²) < 4.78 is 2.10. The molecule has 0 unspecified atom stereocenters. The van der Waals surface area contributed by atoms with Crippen molar-refractivity contribution in [3.63, 3.8) is 0 Å². The third-order valence-corrected chi connectivity index (χ3v) is 6.20. The number of hydrogen-bond donors (Lipinski definition) is 0. The predicted octanol–water partition coefficient (Wildman–Crippen LogP) is 4.18. The molecule has 0 spiro atoms. The topological polar surface area (TPSA) is 34.9 Å². The number of ketones is 1. The van der Waals surface area contributed by atoms with Gasteiger partial charge in [0, 0.05) is 11.4 Å². The minimum Gasteiger partial charge on any atom is -0.298 e. The molecule has 1 heterocycles. The van der Waals surface area contributed by atoms with Crippen LogP contribution in [0, 0.1) is 0 Å². The van der Waals surface area contributed by atoms with E-state index in [9.17, 15) is 4.79 Å². The highest BCUT2D eigenvalue weighted by atomic mass is 32.2. The fourth-order valence-electron chi connectivity index (χ4n) is 3.54. The molecule has 0 amide bonds. The van der Waals surface area contributed by atoms with E-state index in [4.69, 9.17) is 0 Å². The van der Waals surface area contributed by atoms with E-state index in [1.54, 1.807) is 0 Å². The molecule has 2 aliphatic carbocycles. The summed E-state index contributed by atoms with van der Waals surface area (Å²) in [6.45, 7) is 0. The molecule has 4 heteroatoms. The monoisotopic (exact) mass is 306 g/mol. The Kier molecular flexibility index (Phi) is 5.39. The van der Waals surface area contributed by atoms with Crippen LogP contribution in [0.4, 0.5) is 0 Å². The van der Waals surface area contributed by atoms with Gasteiger partial charge in [0.15, 0.2) is 0 Å². The van der Waals surface area contributed by atoms with Crippen molar-refractivity contribution in [2.45, 2.75) is 75.5 Å². The zero-order valence-electron chi connectivity index (χ0n) is 12.8. The van der Waals surface area contributed by atoms with Crippen molar-refractivity contribution in [1.29, 1.82) is 0 Å². The molecule has 2 saturated carbocycles. The molecular formula is C17H26N2OS. The molecule has 116 valence electrons. The summed E-state index contributed by atoms with van der Waals surface area (Å²) in [6, 6.07) is 2.60. The van der Waals surface area contributed by atoms with Gasteiger partial charge in [-0.3, -0.25) is 9.48 Å². The van der Waals surface area contributed by atoms with E-state index < -0.39 is 0 Å². The lowest BCUT2D eigenvalue weighted by Crippen LogP contribution is -2.14. The number of nitrogens with zero attached hydrogens (tertiary/aromatic N) is 2. The number of carbonyl (C=O) groups is 1. The maximum Gasteiger partial charge on any atom is 0.148 e. The number of thioether (sulfide) groups is 1. The van der Waals surface area contributed by atoms with Crippen LogP contribution < -0.4 is 0 Å². The molecular weight excluding hydrogens is 280 g/mol. The minimum absolute atomic E-state index is 0.334. The quantitative estimate of drug-likeness (QED) is 0.791. The molecule has 0 bridgehead atoms. The van der Waals surface area contributed by atoms with Gasteiger partial charge in [-0.25, -0.2) is 0 Å². The Bertz CT molecular complexity index is 459. The molecule has 0 saturated heterocycles. The normalized spacial score (nSPS) is 21.0. The van der Waals surface area contributed by atoms with Crippen LogP contribution in [-0.4, -0.2) is 26.6 Å². The number of aromatic nitrogens is 2. The van der Waals surface area contributed by atoms with Gasteiger partial charge < -0.3 is 0 Å². The van der Waals surface area contributed by atoms with Crippen LogP contribution in [0.2, 0.25) is 0 Å². The Hall–Kier alpha value is -0.770. The van der Waals surface area contributed by atoms with Gasteiger partial charge in [0.05, 0.1) is 23.9 Å². The van der Waals surface area contributed by atoms with E-state index in [-0.39, 0.29) is 0 Å². The van der Waals surface area contributed by atoms with Crippen molar-refractivity contribution in [3.05, 3.63) is 18.0 Å². The molecule has 0 N–H and O–H groups in total. The van der Waals surface area contributed by atoms with Crippen molar-refractivity contribution in [2.75, 3.05) is 5.75 Å². The van der Waals surface area contributed by atoms with Crippen LogP contribution in [0.15, 0.2) is 12.3 Å². The zero-order chi connectivity index (χ0) is 14.5. The summed E-state index contributed by atoms with van der Waals surface area (Å²) >= 11 is 1.86.